The van der Waals surface area contributed by atoms with Gasteiger partial charge in [0, 0.05) is 26.1 Å². The number of halogens is 1. The van der Waals surface area contributed by atoms with Gasteiger partial charge in [-0.05, 0) is 30.4 Å². The van der Waals surface area contributed by atoms with Crippen molar-refractivity contribution in [2.75, 3.05) is 25.0 Å². The zero-order valence-corrected chi connectivity index (χ0v) is 12.2. The first-order valence-corrected chi connectivity index (χ1v) is 7.31. The number of nitrogens with zero attached hydrogens (tertiary/aromatic N) is 1. The van der Waals surface area contributed by atoms with Crippen molar-refractivity contribution >= 4 is 11.6 Å². The van der Waals surface area contributed by atoms with Gasteiger partial charge in [-0.1, -0.05) is 26.0 Å². The van der Waals surface area contributed by atoms with Crippen LogP contribution in [0.5, 0.6) is 0 Å². The first kappa shape index (κ1) is 15.0. The Hall–Kier alpha value is -1.42. The van der Waals surface area contributed by atoms with E-state index in [1.165, 1.54) is 12.5 Å². The Morgan fingerprint density at radius 1 is 1.30 bits per heavy atom. The van der Waals surface area contributed by atoms with E-state index in [1.54, 1.807) is 18.2 Å². The highest BCUT2D eigenvalue weighted by molar-refractivity contribution is 5.90. The molecule has 1 saturated heterocycles. The normalized spacial score (nSPS) is 23.6. The maximum atomic E-state index is 13.4. The van der Waals surface area contributed by atoms with Gasteiger partial charge in [-0.25, -0.2) is 4.39 Å². The van der Waals surface area contributed by atoms with E-state index in [9.17, 15) is 9.18 Å². The molecule has 1 N–H and O–H groups in total. The van der Waals surface area contributed by atoms with Crippen molar-refractivity contribution < 1.29 is 9.18 Å². The summed E-state index contributed by atoms with van der Waals surface area (Å²) >= 11 is 0. The molecule has 1 aliphatic heterocycles. The number of hydrogen-bond donors (Lipinski definition) is 1. The van der Waals surface area contributed by atoms with Crippen molar-refractivity contribution in [3.63, 3.8) is 0 Å². The van der Waals surface area contributed by atoms with E-state index in [2.05, 4.69) is 24.1 Å². The number of nitrogens with one attached hydrogen (secondary N) is 1. The lowest BCUT2D eigenvalue weighted by atomic mass is 9.92. The van der Waals surface area contributed by atoms with Crippen LogP contribution < -0.4 is 5.32 Å². The Kier molecular flexibility index (Phi) is 5.12. The molecule has 0 aliphatic carbocycles. The van der Waals surface area contributed by atoms with Gasteiger partial charge >= 0.3 is 0 Å². The molecule has 3 nitrogen and oxygen atoms in total. The molecule has 0 unspecified atom stereocenters. The fourth-order valence-electron chi connectivity index (χ4n) is 3.01. The highest BCUT2D eigenvalue weighted by Crippen LogP contribution is 2.21. The molecule has 1 heterocycles. The van der Waals surface area contributed by atoms with Crippen LogP contribution in [-0.4, -0.2) is 30.4 Å². The summed E-state index contributed by atoms with van der Waals surface area (Å²) in [6.07, 6.45) is 1.67. The summed E-state index contributed by atoms with van der Waals surface area (Å²) in [5.74, 6) is 0.865. The quantitative estimate of drug-likeness (QED) is 0.917. The van der Waals surface area contributed by atoms with Gasteiger partial charge in [0.1, 0.15) is 5.82 Å². The molecule has 0 bridgehead atoms. The first-order chi connectivity index (χ1) is 9.54. The molecular weight excluding hydrogens is 255 g/mol. The molecule has 1 aliphatic rings. The van der Waals surface area contributed by atoms with Crippen LogP contribution in [0.3, 0.4) is 0 Å². The average molecular weight is 278 g/mol. The van der Waals surface area contributed by atoms with Crippen LogP contribution in [0.15, 0.2) is 24.3 Å². The minimum absolute atomic E-state index is 0.124. The summed E-state index contributed by atoms with van der Waals surface area (Å²) in [5, 5.41) is 2.63. The summed E-state index contributed by atoms with van der Waals surface area (Å²) in [4.78, 5) is 14.2. The maximum Gasteiger partial charge on any atom is 0.225 e. The first-order valence-electron chi connectivity index (χ1n) is 7.31. The summed E-state index contributed by atoms with van der Waals surface area (Å²) < 4.78 is 13.4. The third-order valence-corrected chi connectivity index (χ3v) is 3.75. The molecular formula is C16H23FN2O. The lowest BCUT2D eigenvalue weighted by molar-refractivity contribution is -0.116. The summed E-state index contributed by atoms with van der Waals surface area (Å²) in [5.41, 5.74) is 0.262. The van der Waals surface area contributed by atoms with Crippen molar-refractivity contribution in [1.82, 2.24) is 4.90 Å². The van der Waals surface area contributed by atoms with Crippen LogP contribution in [0.1, 0.15) is 26.7 Å². The van der Waals surface area contributed by atoms with Gasteiger partial charge in [0.15, 0.2) is 0 Å². The van der Waals surface area contributed by atoms with Gasteiger partial charge < -0.3 is 10.2 Å². The third-order valence-electron chi connectivity index (χ3n) is 3.75. The summed E-state index contributed by atoms with van der Waals surface area (Å²) in [6.45, 7) is 7.35. The van der Waals surface area contributed by atoms with Crippen molar-refractivity contribution in [1.29, 1.82) is 0 Å². The minimum Gasteiger partial charge on any atom is -0.324 e. The number of anilines is 1. The second kappa shape index (κ2) is 6.84. The lowest BCUT2D eigenvalue weighted by Gasteiger charge is -2.34. The number of likely N-dealkylation sites (tertiary alicyclic amines) is 1. The number of carbonyl (C=O) groups excluding carboxylic acids is 1. The van der Waals surface area contributed by atoms with Crippen LogP contribution in [0.2, 0.25) is 0 Å². The average Bonchev–Trinajstić information content (AvgIpc) is 2.38. The minimum atomic E-state index is -0.388. The number of amides is 1. The van der Waals surface area contributed by atoms with Gasteiger partial charge in [0.05, 0.1) is 5.69 Å². The fourth-order valence-corrected chi connectivity index (χ4v) is 3.01. The Morgan fingerprint density at radius 3 is 2.60 bits per heavy atom. The molecule has 1 fully saturated rings. The Morgan fingerprint density at radius 2 is 1.95 bits per heavy atom. The van der Waals surface area contributed by atoms with Crippen LogP contribution in [0.25, 0.3) is 0 Å². The second-order valence-electron chi connectivity index (χ2n) is 5.98. The predicted molar refractivity (Wildman–Crippen MR) is 79.0 cm³/mol. The Balaban J connectivity index is 1.79. The Bertz CT molecular complexity index is 454. The van der Waals surface area contributed by atoms with Gasteiger partial charge in [-0.2, -0.15) is 0 Å². The molecule has 0 saturated carbocycles. The van der Waals surface area contributed by atoms with Gasteiger partial charge in [-0.15, -0.1) is 0 Å². The fraction of sp³-hybridized carbons (Fsp3) is 0.562. The molecule has 0 spiro atoms. The number of hydrogen-bond acceptors (Lipinski definition) is 2. The zero-order valence-electron chi connectivity index (χ0n) is 12.2. The molecule has 1 aromatic carbocycles. The van der Waals surface area contributed by atoms with E-state index < -0.39 is 0 Å². The predicted octanol–water partition coefficient (Wildman–Crippen LogP) is 3.13. The van der Waals surface area contributed by atoms with E-state index in [0.29, 0.717) is 18.3 Å². The molecule has 4 heteroatoms. The maximum absolute atomic E-state index is 13.4. The SMILES string of the molecule is C[C@H]1C[C@H](C)CN(CCC(=O)Nc2ccccc2F)C1. The monoisotopic (exact) mass is 278 g/mol. The largest absolute Gasteiger partial charge is 0.324 e. The zero-order chi connectivity index (χ0) is 14.5. The van der Waals surface area contributed by atoms with Crippen LogP contribution in [-0.2, 0) is 4.79 Å². The lowest BCUT2D eigenvalue weighted by Crippen LogP contribution is -2.40. The molecule has 2 rings (SSSR count). The van der Waals surface area contributed by atoms with Crippen LogP contribution in [0, 0.1) is 17.7 Å². The molecule has 2 atom stereocenters. The Labute approximate surface area is 120 Å². The topological polar surface area (TPSA) is 32.3 Å². The van der Waals surface area contributed by atoms with Gasteiger partial charge in [0.25, 0.3) is 0 Å². The molecule has 1 amide bonds. The molecule has 0 aromatic heterocycles. The second-order valence-corrected chi connectivity index (χ2v) is 5.98. The van der Waals surface area contributed by atoms with E-state index in [0.717, 1.165) is 19.6 Å². The standard InChI is InChI=1S/C16H23FN2O/c1-12-9-13(2)11-19(10-12)8-7-16(20)18-15-6-4-3-5-14(15)17/h3-6,12-13H,7-11H2,1-2H3,(H,18,20)/t12-,13-/m0/s1. The van der Waals surface area contributed by atoms with Crippen molar-refractivity contribution in [2.45, 2.75) is 26.7 Å². The summed E-state index contributed by atoms with van der Waals surface area (Å²) in [7, 11) is 0. The van der Waals surface area contributed by atoms with Crippen molar-refractivity contribution in [3.05, 3.63) is 30.1 Å². The van der Waals surface area contributed by atoms with E-state index >= 15 is 0 Å². The van der Waals surface area contributed by atoms with Crippen LogP contribution in [0.4, 0.5) is 10.1 Å². The van der Waals surface area contributed by atoms with Crippen molar-refractivity contribution in [2.24, 2.45) is 11.8 Å². The van der Waals surface area contributed by atoms with Crippen molar-refractivity contribution in [3.8, 4) is 0 Å². The number of para-hydroxylation sites is 1. The highest BCUT2D eigenvalue weighted by Gasteiger charge is 2.21. The van der Waals surface area contributed by atoms with Gasteiger partial charge in [0.2, 0.25) is 5.91 Å². The number of carbonyl (C=O) groups is 1. The highest BCUT2D eigenvalue weighted by atomic mass is 19.1. The summed E-state index contributed by atoms with van der Waals surface area (Å²) in [6, 6.07) is 6.26. The van der Waals surface area contributed by atoms with E-state index in [4.69, 9.17) is 0 Å². The number of piperidine rings is 1. The number of rotatable bonds is 4. The molecule has 20 heavy (non-hydrogen) atoms. The van der Waals surface area contributed by atoms with Gasteiger partial charge in [-0.3, -0.25) is 4.79 Å². The number of benzene rings is 1. The molecule has 110 valence electrons. The third kappa shape index (κ3) is 4.30. The van der Waals surface area contributed by atoms with E-state index in [-0.39, 0.29) is 17.4 Å². The van der Waals surface area contributed by atoms with E-state index in [1.807, 2.05) is 0 Å². The smallest absolute Gasteiger partial charge is 0.225 e. The molecule has 0 radical (unpaired) electrons. The van der Waals surface area contributed by atoms with Crippen LogP contribution >= 0.6 is 0 Å². The molecule has 1 aromatic rings.